The first kappa shape index (κ1) is 11.1. The Bertz CT molecular complexity index is 394. The summed E-state index contributed by atoms with van der Waals surface area (Å²) >= 11 is 0. The molecule has 3 nitrogen and oxygen atoms in total. The van der Waals surface area contributed by atoms with Crippen LogP contribution in [-0.4, -0.2) is 24.4 Å². The average Bonchev–Trinajstić information content (AvgIpc) is 2.85. The molecule has 1 fully saturated rings. The van der Waals surface area contributed by atoms with E-state index in [9.17, 15) is 0 Å². The van der Waals surface area contributed by atoms with Gasteiger partial charge in [0.1, 0.15) is 0 Å². The molecule has 92 valence electrons. The summed E-state index contributed by atoms with van der Waals surface area (Å²) in [6, 6.07) is 8.87. The Hall–Kier alpha value is -1.06. The van der Waals surface area contributed by atoms with Gasteiger partial charge in [-0.15, -0.1) is 0 Å². The Morgan fingerprint density at radius 3 is 3.12 bits per heavy atom. The lowest BCUT2D eigenvalue weighted by molar-refractivity contribution is 0.0813. The summed E-state index contributed by atoms with van der Waals surface area (Å²) in [5, 5.41) is 12.6. The second kappa shape index (κ2) is 4.67. The predicted octanol–water partition coefficient (Wildman–Crippen LogP) is 2.33. The standard InChI is InChI=1S/C14H19NO2/c16-8-3-6-13-11-7-9-17-14(11)10-4-1-2-5-12(10)15-13/h1-2,4-5,11,13-16H,3,6-9H2/t11-,13-,14+/m1/s1. The Morgan fingerprint density at radius 1 is 1.35 bits per heavy atom. The zero-order valence-corrected chi connectivity index (χ0v) is 9.93. The van der Waals surface area contributed by atoms with E-state index in [0.29, 0.717) is 12.0 Å². The van der Waals surface area contributed by atoms with E-state index in [0.717, 1.165) is 25.9 Å². The predicted molar refractivity (Wildman–Crippen MR) is 67.0 cm³/mol. The molecule has 0 aliphatic carbocycles. The number of ether oxygens (including phenoxy) is 1. The molecule has 1 aromatic carbocycles. The molecule has 0 aromatic heterocycles. The number of benzene rings is 1. The Balaban J connectivity index is 1.87. The summed E-state index contributed by atoms with van der Waals surface area (Å²) in [5.41, 5.74) is 2.51. The first-order valence-electron chi connectivity index (χ1n) is 6.48. The maximum atomic E-state index is 8.97. The second-order valence-corrected chi connectivity index (χ2v) is 4.95. The van der Waals surface area contributed by atoms with Crippen molar-refractivity contribution in [2.45, 2.75) is 31.4 Å². The molecule has 0 amide bonds. The summed E-state index contributed by atoms with van der Waals surface area (Å²) < 4.78 is 5.89. The van der Waals surface area contributed by atoms with Crippen molar-refractivity contribution < 1.29 is 9.84 Å². The zero-order chi connectivity index (χ0) is 11.7. The Kier molecular flexibility index (Phi) is 3.04. The number of hydrogen-bond donors (Lipinski definition) is 2. The fourth-order valence-electron chi connectivity index (χ4n) is 3.12. The van der Waals surface area contributed by atoms with E-state index in [1.165, 1.54) is 11.3 Å². The highest BCUT2D eigenvalue weighted by molar-refractivity contribution is 5.55. The molecule has 17 heavy (non-hydrogen) atoms. The van der Waals surface area contributed by atoms with Crippen LogP contribution in [0.4, 0.5) is 5.69 Å². The molecule has 1 saturated heterocycles. The minimum atomic E-state index is 0.260. The van der Waals surface area contributed by atoms with E-state index in [1.807, 2.05) is 0 Å². The number of rotatable bonds is 3. The minimum Gasteiger partial charge on any atom is -0.396 e. The molecule has 3 heteroatoms. The molecule has 2 aliphatic heterocycles. The summed E-state index contributed by atoms with van der Waals surface area (Å²) in [5.74, 6) is 0.566. The van der Waals surface area contributed by atoms with Crippen molar-refractivity contribution >= 4 is 5.69 Å². The number of fused-ring (bicyclic) bond motifs is 3. The number of aliphatic hydroxyl groups excluding tert-OH is 1. The maximum absolute atomic E-state index is 8.97. The average molecular weight is 233 g/mol. The van der Waals surface area contributed by atoms with Crippen LogP contribution in [0.5, 0.6) is 0 Å². The third-order valence-corrected chi connectivity index (χ3v) is 3.94. The Labute approximate surface area is 102 Å². The van der Waals surface area contributed by atoms with Crippen LogP contribution in [0.25, 0.3) is 0 Å². The van der Waals surface area contributed by atoms with Crippen molar-refractivity contribution in [1.29, 1.82) is 0 Å². The van der Waals surface area contributed by atoms with Gasteiger partial charge in [-0.25, -0.2) is 0 Å². The van der Waals surface area contributed by atoms with Crippen LogP contribution in [0.1, 0.15) is 30.9 Å². The summed E-state index contributed by atoms with van der Waals surface area (Å²) in [7, 11) is 0. The highest BCUT2D eigenvalue weighted by atomic mass is 16.5. The number of anilines is 1. The van der Waals surface area contributed by atoms with Crippen molar-refractivity contribution in [1.82, 2.24) is 0 Å². The summed E-state index contributed by atoms with van der Waals surface area (Å²) in [4.78, 5) is 0. The third-order valence-electron chi connectivity index (χ3n) is 3.94. The van der Waals surface area contributed by atoms with Gasteiger partial charge in [0.15, 0.2) is 0 Å². The van der Waals surface area contributed by atoms with E-state index >= 15 is 0 Å². The monoisotopic (exact) mass is 233 g/mol. The number of hydrogen-bond acceptors (Lipinski definition) is 3. The first-order valence-corrected chi connectivity index (χ1v) is 6.48. The quantitative estimate of drug-likeness (QED) is 0.842. The van der Waals surface area contributed by atoms with E-state index < -0.39 is 0 Å². The summed E-state index contributed by atoms with van der Waals surface area (Å²) in [6.07, 6.45) is 3.27. The van der Waals surface area contributed by atoms with E-state index in [4.69, 9.17) is 9.84 Å². The molecule has 3 atom stereocenters. The second-order valence-electron chi connectivity index (χ2n) is 4.95. The first-order chi connectivity index (χ1) is 8.40. The molecule has 1 aromatic rings. The van der Waals surface area contributed by atoms with Crippen LogP contribution in [0.3, 0.4) is 0 Å². The molecule has 3 rings (SSSR count). The van der Waals surface area contributed by atoms with Crippen LogP contribution in [-0.2, 0) is 4.74 Å². The van der Waals surface area contributed by atoms with Gasteiger partial charge in [0.25, 0.3) is 0 Å². The highest BCUT2D eigenvalue weighted by Crippen LogP contribution is 2.45. The molecule has 2 aliphatic rings. The number of para-hydroxylation sites is 1. The lowest BCUT2D eigenvalue weighted by Gasteiger charge is -2.36. The van der Waals surface area contributed by atoms with Gasteiger partial charge in [-0.1, -0.05) is 18.2 Å². The van der Waals surface area contributed by atoms with Crippen molar-refractivity contribution in [2.24, 2.45) is 5.92 Å². The van der Waals surface area contributed by atoms with Gasteiger partial charge >= 0.3 is 0 Å². The largest absolute Gasteiger partial charge is 0.396 e. The number of aliphatic hydroxyl groups is 1. The molecule has 0 spiro atoms. The molecular formula is C14H19NO2. The molecule has 2 heterocycles. The molecular weight excluding hydrogens is 214 g/mol. The van der Waals surface area contributed by atoms with Gasteiger partial charge in [-0.3, -0.25) is 0 Å². The zero-order valence-electron chi connectivity index (χ0n) is 9.93. The van der Waals surface area contributed by atoms with Crippen molar-refractivity contribution in [3.63, 3.8) is 0 Å². The van der Waals surface area contributed by atoms with Gasteiger partial charge in [0, 0.05) is 36.4 Å². The van der Waals surface area contributed by atoms with Gasteiger partial charge in [-0.05, 0) is 25.3 Å². The van der Waals surface area contributed by atoms with E-state index in [1.54, 1.807) is 0 Å². The van der Waals surface area contributed by atoms with Crippen LogP contribution >= 0.6 is 0 Å². The van der Waals surface area contributed by atoms with Gasteiger partial charge in [-0.2, -0.15) is 0 Å². The molecule has 0 unspecified atom stereocenters. The number of nitrogens with one attached hydrogen (secondary N) is 1. The summed E-state index contributed by atoms with van der Waals surface area (Å²) in [6.45, 7) is 1.14. The van der Waals surface area contributed by atoms with Crippen molar-refractivity contribution in [2.75, 3.05) is 18.5 Å². The van der Waals surface area contributed by atoms with E-state index in [2.05, 4.69) is 29.6 Å². The normalized spacial score (nSPS) is 30.5. The van der Waals surface area contributed by atoms with Crippen LogP contribution in [0.2, 0.25) is 0 Å². The molecule has 0 saturated carbocycles. The highest BCUT2D eigenvalue weighted by Gasteiger charge is 2.39. The smallest absolute Gasteiger partial charge is 0.0893 e. The molecule has 2 N–H and O–H groups in total. The topological polar surface area (TPSA) is 41.5 Å². The lowest BCUT2D eigenvalue weighted by Crippen LogP contribution is -2.36. The Morgan fingerprint density at radius 2 is 2.24 bits per heavy atom. The fraction of sp³-hybridized carbons (Fsp3) is 0.571. The van der Waals surface area contributed by atoms with Crippen molar-refractivity contribution in [3.05, 3.63) is 29.8 Å². The maximum Gasteiger partial charge on any atom is 0.0893 e. The van der Waals surface area contributed by atoms with Gasteiger partial charge < -0.3 is 15.2 Å². The minimum absolute atomic E-state index is 0.260. The van der Waals surface area contributed by atoms with E-state index in [-0.39, 0.29) is 12.7 Å². The van der Waals surface area contributed by atoms with Gasteiger partial charge in [0.2, 0.25) is 0 Å². The fourth-order valence-corrected chi connectivity index (χ4v) is 3.12. The van der Waals surface area contributed by atoms with Crippen LogP contribution < -0.4 is 5.32 Å². The van der Waals surface area contributed by atoms with Crippen molar-refractivity contribution in [3.8, 4) is 0 Å². The molecule has 0 bridgehead atoms. The van der Waals surface area contributed by atoms with Crippen LogP contribution in [0.15, 0.2) is 24.3 Å². The van der Waals surface area contributed by atoms with Crippen LogP contribution in [0, 0.1) is 5.92 Å². The SMILES string of the molecule is OCCC[C@H]1Nc2ccccc2[C@@H]2OCC[C@H]12. The van der Waals surface area contributed by atoms with Gasteiger partial charge in [0.05, 0.1) is 6.10 Å². The third kappa shape index (κ3) is 1.94. The molecule has 0 radical (unpaired) electrons. The lowest BCUT2D eigenvalue weighted by atomic mass is 9.82.